The topological polar surface area (TPSA) is 54.8 Å². The van der Waals surface area contributed by atoms with E-state index in [1.54, 1.807) is 12.0 Å². The molecule has 7 heteroatoms. The van der Waals surface area contributed by atoms with E-state index in [1.807, 2.05) is 71.8 Å². The van der Waals surface area contributed by atoms with Crippen molar-refractivity contribution in [2.75, 3.05) is 33.4 Å². The molecule has 0 saturated heterocycles. The SMILES string of the molecule is CCCCCc1ccc(C(=O)N(CCCOC)CC(=O)N(Cc2cccn2Cc2ccccc2Cl)CC(C)C)cc1. The number of nitrogens with zero attached hydrogens (tertiary/aromatic N) is 3. The summed E-state index contributed by atoms with van der Waals surface area (Å²) in [6, 6.07) is 19.7. The largest absolute Gasteiger partial charge is 0.385 e. The van der Waals surface area contributed by atoms with Gasteiger partial charge in [0, 0.05) is 55.8 Å². The number of amides is 2. The van der Waals surface area contributed by atoms with E-state index in [-0.39, 0.29) is 24.3 Å². The van der Waals surface area contributed by atoms with Gasteiger partial charge >= 0.3 is 0 Å². The highest BCUT2D eigenvalue weighted by Gasteiger charge is 2.24. The fourth-order valence-corrected chi connectivity index (χ4v) is 5.13. The third kappa shape index (κ3) is 10.4. The lowest BCUT2D eigenvalue weighted by atomic mass is 10.0. The zero-order valence-electron chi connectivity index (χ0n) is 25.2. The molecule has 0 fully saturated rings. The summed E-state index contributed by atoms with van der Waals surface area (Å²) in [7, 11) is 1.65. The Morgan fingerprint density at radius 1 is 0.951 bits per heavy atom. The molecule has 1 heterocycles. The second kappa shape index (κ2) is 17.0. The number of hydrogen-bond acceptors (Lipinski definition) is 3. The van der Waals surface area contributed by atoms with Crippen molar-refractivity contribution in [3.63, 3.8) is 0 Å². The summed E-state index contributed by atoms with van der Waals surface area (Å²) in [5, 5.41) is 0.724. The van der Waals surface area contributed by atoms with Crippen molar-refractivity contribution in [1.29, 1.82) is 0 Å². The van der Waals surface area contributed by atoms with Crippen LogP contribution < -0.4 is 0 Å². The Bertz CT molecular complexity index is 1220. The Hall–Kier alpha value is -3.09. The van der Waals surface area contributed by atoms with Crippen LogP contribution in [0.2, 0.25) is 5.02 Å². The van der Waals surface area contributed by atoms with Crippen LogP contribution in [0.4, 0.5) is 0 Å². The number of rotatable bonds is 17. The quantitative estimate of drug-likeness (QED) is 0.160. The van der Waals surface area contributed by atoms with Gasteiger partial charge in [-0.3, -0.25) is 9.59 Å². The van der Waals surface area contributed by atoms with Crippen LogP contribution in [0.25, 0.3) is 0 Å². The molecule has 0 unspecified atom stereocenters. The van der Waals surface area contributed by atoms with Gasteiger partial charge in [-0.2, -0.15) is 0 Å². The molecular weight excluding hydrogens is 534 g/mol. The van der Waals surface area contributed by atoms with Crippen LogP contribution in [0.1, 0.15) is 73.6 Å². The maximum atomic E-state index is 13.8. The third-order valence-corrected chi connectivity index (χ3v) is 7.54. The summed E-state index contributed by atoms with van der Waals surface area (Å²) in [6.07, 6.45) is 7.23. The Balaban J connectivity index is 1.75. The molecule has 2 aromatic carbocycles. The number of aryl methyl sites for hydroxylation is 1. The van der Waals surface area contributed by atoms with Crippen LogP contribution in [0.3, 0.4) is 0 Å². The van der Waals surface area contributed by atoms with Crippen LogP contribution in [-0.4, -0.2) is 59.5 Å². The zero-order valence-corrected chi connectivity index (χ0v) is 25.9. The molecule has 222 valence electrons. The molecule has 0 saturated carbocycles. The van der Waals surface area contributed by atoms with Crippen molar-refractivity contribution >= 4 is 23.4 Å². The third-order valence-electron chi connectivity index (χ3n) is 7.17. The van der Waals surface area contributed by atoms with E-state index in [0.717, 1.165) is 29.1 Å². The van der Waals surface area contributed by atoms with Gasteiger partial charge in [0.2, 0.25) is 5.91 Å². The minimum atomic E-state index is -0.124. The minimum Gasteiger partial charge on any atom is -0.385 e. The maximum Gasteiger partial charge on any atom is 0.254 e. The number of ether oxygens (including phenoxy) is 1. The summed E-state index contributed by atoms with van der Waals surface area (Å²) in [5.74, 6) is 0.0936. The zero-order chi connectivity index (χ0) is 29.6. The van der Waals surface area contributed by atoms with Crippen molar-refractivity contribution in [3.05, 3.63) is 94.3 Å². The Morgan fingerprint density at radius 3 is 2.39 bits per heavy atom. The normalized spacial score (nSPS) is 11.2. The summed E-state index contributed by atoms with van der Waals surface area (Å²) in [5.41, 5.74) is 3.90. The van der Waals surface area contributed by atoms with Crippen LogP contribution >= 0.6 is 11.6 Å². The molecule has 3 rings (SSSR count). The highest BCUT2D eigenvalue weighted by Crippen LogP contribution is 2.19. The van der Waals surface area contributed by atoms with Crippen molar-refractivity contribution < 1.29 is 14.3 Å². The monoisotopic (exact) mass is 579 g/mol. The van der Waals surface area contributed by atoms with Crippen molar-refractivity contribution in [2.45, 2.75) is 66.0 Å². The van der Waals surface area contributed by atoms with Gasteiger partial charge in [-0.05, 0) is 66.6 Å². The molecule has 0 aliphatic rings. The van der Waals surface area contributed by atoms with Gasteiger partial charge < -0.3 is 19.1 Å². The maximum absolute atomic E-state index is 13.8. The first-order valence-electron chi connectivity index (χ1n) is 14.8. The van der Waals surface area contributed by atoms with Gasteiger partial charge in [-0.1, -0.05) is 75.5 Å². The molecule has 1 aromatic heterocycles. The van der Waals surface area contributed by atoms with Crippen molar-refractivity contribution in [1.82, 2.24) is 14.4 Å². The molecule has 0 spiro atoms. The van der Waals surface area contributed by atoms with E-state index < -0.39 is 0 Å². The molecule has 41 heavy (non-hydrogen) atoms. The molecule has 0 bridgehead atoms. The molecule has 2 amide bonds. The first kappa shape index (κ1) is 32.4. The predicted molar refractivity (Wildman–Crippen MR) is 167 cm³/mol. The Labute approximate surface area is 251 Å². The van der Waals surface area contributed by atoms with E-state index in [4.69, 9.17) is 16.3 Å². The molecule has 0 N–H and O–H groups in total. The lowest BCUT2D eigenvalue weighted by Crippen LogP contribution is -2.44. The first-order valence-corrected chi connectivity index (χ1v) is 15.2. The highest BCUT2D eigenvalue weighted by molar-refractivity contribution is 6.31. The minimum absolute atomic E-state index is 0.0265. The van der Waals surface area contributed by atoms with E-state index in [2.05, 4.69) is 25.3 Å². The molecular formula is C34H46ClN3O3. The molecule has 0 aliphatic heterocycles. The summed E-state index contributed by atoms with van der Waals surface area (Å²) in [4.78, 5) is 30.9. The second-order valence-corrected chi connectivity index (χ2v) is 11.5. The number of carbonyl (C=O) groups is 2. The van der Waals surface area contributed by atoms with Gasteiger partial charge in [-0.25, -0.2) is 0 Å². The molecule has 0 atom stereocenters. The lowest BCUT2D eigenvalue weighted by Gasteiger charge is -2.29. The Morgan fingerprint density at radius 2 is 1.71 bits per heavy atom. The fourth-order valence-electron chi connectivity index (χ4n) is 4.94. The van der Waals surface area contributed by atoms with Crippen LogP contribution in [0.15, 0.2) is 66.9 Å². The molecule has 0 aliphatic carbocycles. The summed E-state index contributed by atoms with van der Waals surface area (Å²) < 4.78 is 7.37. The first-order chi connectivity index (χ1) is 19.8. The van der Waals surface area contributed by atoms with E-state index in [9.17, 15) is 9.59 Å². The second-order valence-electron chi connectivity index (χ2n) is 11.1. The smallest absolute Gasteiger partial charge is 0.254 e. The fraction of sp³-hybridized carbons (Fsp3) is 0.471. The number of hydrogen-bond donors (Lipinski definition) is 0. The van der Waals surface area contributed by atoms with Gasteiger partial charge in [0.25, 0.3) is 5.91 Å². The molecule has 6 nitrogen and oxygen atoms in total. The van der Waals surface area contributed by atoms with Gasteiger partial charge in [-0.15, -0.1) is 0 Å². The van der Waals surface area contributed by atoms with E-state index >= 15 is 0 Å². The predicted octanol–water partition coefficient (Wildman–Crippen LogP) is 7.09. The van der Waals surface area contributed by atoms with Crippen LogP contribution in [0.5, 0.6) is 0 Å². The van der Waals surface area contributed by atoms with Gasteiger partial charge in [0.15, 0.2) is 0 Å². The molecule has 3 aromatic rings. The summed E-state index contributed by atoms with van der Waals surface area (Å²) in [6.45, 7) is 9.10. The number of carbonyl (C=O) groups excluding carboxylic acids is 2. The number of aromatic nitrogens is 1. The van der Waals surface area contributed by atoms with Crippen LogP contribution in [-0.2, 0) is 29.0 Å². The number of halogens is 1. The standard InChI is InChI=1S/C34H46ClN3O3/c1-5-6-7-12-28-16-18-29(19-17-28)34(40)37(21-11-22-41-4)26-33(39)38(23-27(2)3)25-31-14-10-20-36(31)24-30-13-8-9-15-32(30)35/h8-10,13-20,27H,5-7,11-12,21-26H2,1-4H3. The van der Waals surface area contributed by atoms with Crippen molar-refractivity contribution in [2.24, 2.45) is 5.92 Å². The summed E-state index contributed by atoms with van der Waals surface area (Å²) >= 11 is 6.42. The van der Waals surface area contributed by atoms with E-state index in [1.165, 1.54) is 18.4 Å². The molecule has 0 radical (unpaired) electrons. The van der Waals surface area contributed by atoms with E-state index in [0.29, 0.717) is 44.8 Å². The number of benzene rings is 2. The van der Waals surface area contributed by atoms with Crippen molar-refractivity contribution in [3.8, 4) is 0 Å². The number of unbranched alkanes of at least 4 members (excludes halogenated alkanes) is 2. The van der Waals surface area contributed by atoms with Gasteiger partial charge in [0.05, 0.1) is 6.54 Å². The number of methoxy groups -OCH3 is 1. The van der Waals surface area contributed by atoms with Gasteiger partial charge in [0.1, 0.15) is 6.54 Å². The average molecular weight is 580 g/mol. The lowest BCUT2D eigenvalue weighted by molar-refractivity contribution is -0.133. The highest BCUT2D eigenvalue weighted by atomic mass is 35.5. The van der Waals surface area contributed by atoms with Crippen LogP contribution in [0, 0.1) is 5.92 Å². The Kier molecular flexibility index (Phi) is 13.4. The average Bonchev–Trinajstić information content (AvgIpc) is 3.39.